The molecule has 2 nitrogen and oxygen atoms in total. The third-order valence-corrected chi connectivity index (χ3v) is 5.16. The number of rotatable bonds is 14. The zero-order valence-electron chi connectivity index (χ0n) is 17.1. The lowest BCUT2D eigenvalue weighted by Gasteiger charge is -2.07. The summed E-state index contributed by atoms with van der Waals surface area (Å²) in [5, 5.41) is 0. The summed E-state index contributed by atoms with van der Waals surface area (Å²) in [5.41, 5.74) is 2.73. The molecule has 26 heavy (non-hydrogen) atoms. The standard InChI is InChI=1S/C24H38N2/c1-3-5-7-8-12-19-24-25-23(21-26(24)20-13-6-4-2)18-14-17-22-15-10-9-11-16-22/h9-11,15-16,21H,3-8,12-14,17-20H2,1-2H3. The fourth-order valence-electron chi connectivity index (χ4n) is 3.56. The lowest BCUT2D eigenvalue weighted by atomic mass is 10.1. The Balaban J connectivity index is 1.85. The first-order valence-electron chi connectivity index (χ1n) is 10.9. The number of hydrogen-bond donors (Lipinski definition) is 0. The second kappa shape index (κ2) is 12.7. The molecular weight excluding hydrogens is 316 g/mol. The van der Waals surface area contributed by atoms with Gasteiger partial charge in [0.1, 0.15) is 5.82 Å². The first-order valence-corrected chi connectivity index (χ1v) is 10.9. The van der Waals surface area contributed by atoms with Crippen molar-refractivity contribution in [3.8, 4) is 0 Å². The summed E-state index contributed by atoms with van der Waals surface area (Å²) in [4.78, 5) is 5.00. The van der Waals surface area contributed by atoms with E-state index in [2.05, 4.69) is 54.9 Å². The van der Waals surface area contributed by atoms with Crippen LogP contribution in [0.25, 0.3) is 0 Å². The molecule has 2 aromatic rings. The molecule has 0 spiro atoms. The second-order valence-corrected chi connectivity index (χ2v) is 7.55. The van der Waals surface area contributed by atoms with Crippen molar-refractivity contribution in [2.45, 2.75) is 97.4 Å². The van der Waals surface area contributed by atoms with Crippen LogP contribution >= 0.6 is 0 Å². The zero-order chi connectivity index (χ0) is 18.5. The van der Waals surface area contributed by atoms with Gasteiger partial charge in [-0.15, -0.1) is 0 Å². The van der Waals surface area contributed by atoms with Crippen LogP contribution in [0.4, 0.5) is 0 Å². The van der Waals surface area contributed by atoms with Crippen molar-refractivity contribution >= 4 is 0 Å². The third-order valence-electron chi connectivity index (χ3n) is 5.16. The van der Waals surface area contributed by atoms with Crippen molar-refractivity contribution in [3.63, 3.8) is 0 Å². The van der Waals surface area contributed by atoms with E-state index in [1.54, 1.807) is 0 Å². The number of aryl methyl sites for hydroxylation is 4. The molecular formula is C24H38N2. The monoisotopic (exact) mass is 354 g/mol. The highest BCUT2D eigenvalue weighted by atomic mass is 15.1. The van der Waals surface area contributed by atoms with Gasteiger partial charge in [0.15, 0.2) is 0 Å². The van der Waals surface area contributed by atoms with Crippen LogP contribution < -0.4 is 0 Å². The Morgan fingerprint density at radius 1 is 0.731 bits per heavy atom. The van der Waals surface area contributed by atoms with Gasteiger partial charge in [0.25, 0.3) is 0 Å². The van der Waals surface area contributed by atoms with Crippen LogP contribution in [-0.2, 0) is 25.8 Å². The molecule has 1 aromatic heterocycles. The molecule has 1 aromatic carbocycles. The van der Waals surface area contributed by atoms with Crippen LogP contribution in [0.2, 0.25) is 0 Å². The second-order valence-electron chi connectivity index (χ2n) is 7.55. The van der Waals surface area contributed by atoms with Gasteiger partial charge in [-0.2, -0.15) is 0 Å². The molecule has 0 saturated carbocycles. The summed E-state index contributed by atoms with van der Waals surface area (Å²) in [7, 11) is 0. The summed E-state index contributed by atoms with van der Waals surface area (Å²) in [6.45, 7) is 5.70. The van der Waals surface area contributed by atoms with E-state index in [1.807, 2.05) is 0 Å². The Morgan fingerprint density at radius 2 is 1.46 bits per heavy atom. The van der Waals surface area contributed by atoms with Crippen molar-refractivity contribution in [1.29, 1.82) is 0 Å². The fourth-order valence-corrected chi connectivity index (χ4v) is 3.56. The minimum atomic E-state index is 1.10. The van der Waals surface area contributed by atoms with Crippen molar-refractivity contribution in [2.24, 2.45) is 0 Å². The average molecular weight is 355 g/mol. The van der Waals surface area contributed by atoms with E-state index in [1.165, 1.54) is 74.9 Å². The number of aromatic nitrogens is 2. The third kappa shape index (κ3) is 7.76. The van der Waals surface area contributed by atoms with Gasteiger partial charge >= 0.3 is 0 Å². The Hall–Kier alpha value is -1.57. The van der Waals surface area contributed by atoms with Gasteiger partial charge in [-0.1, -0.05) is 82.7 Å². The Bertz CT molecular complexity index is 586. The molecule has 2 rings (SSSR count). The van der Waals surface area contributed by atoms with E-state index in [0.29, 0.717) is 0 Å². The molecule has 0 fully saturated rings. The smallest absolute Gasteiger partial charge is 0.108 e. The molecule has 0 aliphatic rings. The summed E-state index contributed by atoms with van der Waals surface area (Å²) in [6, 6.07) is 10.8. The van der Waals surface area contributed by atoms with Crippen LogP contribution in [0.5, 0.6) is 0 Å². The molecule has 0 aliphatic heterocycles. The largest absolute Gasteiger partial charge is 0.335 e. The first-order chi connectivity index (χ1) is 12.8. The normalized spacial score (nSPS) is 11.2. The van der Waals surface area contributed by atoms with E-state index in [-0.39, 0.29) is 0 Å². The molecule has 0 saturated heterocycles. The van der Waals surface area contributed by atoms with Gasteiger partial charge in [-0.25, -0.2) is 4.98 Å². The van der Waals surface area contributed by atoms with E-state index >= 15 is 0 Å². The van der Waals surface area contributed by atoms with E-state index < -0.39 is 0 Å². The molecule has 0 N–H and O–H groups in total. The fraction of sp³-hybridized carbons (Fsp3) is 0.625. The number of unbranched alkanes of at least 4 members (excludes halogenated alkanes) is 6. The van der Waals surface area contributed by atoms with Crippen LogP contribution in [0, 0.1) is 0 Å². The van der Waals surface area contributed by atoms with Crippen LogP contribution in [-0.4, -0.2) is 9.55 Å². The van der Waals surface area contributed by atoms with E-state index in [9.17, 15) is 0 Å². The van der Waals surface area contributed by atoms with E-state index in [0.717, 1.165) is 25.8 Å². The lowest BCUT2D eigenvalue weighted by Crippen LogP contribution is -2.03. The predicted octanol–water partition coefficient (Wildman–Crippen LogP) is 6.76. The Kier molecular flexibility index (Phi) is 10.2. The van der Waals surface area contributed by atoms with Gasteiger partial charge in [0, 0.05) is 19.2 Å². The van der Waals surface area contributed by atoms with Crippen LogP contribution in [0.3, 0.4) is 0 Å². The Morgan fingerprint density at radius 3 is 2.23 bits per heavy atom. The first kappa shape index (κ1) is 20.7. The van der Waals surface area contributed by atoms with Gasteiger partial charge < -0.3 is 4.57 Å². The average Bonchev–Trinajstić information content (AvgIpc) is 3.04. The minimum absolute atomic E-state index is 1.10. The van der Waals surface area contributed by atoms with Crippen LogP contribution in [0.1, 0.15) is 88.7 Å². The van der Waals surface area contributed by atoms with Gasteiger partial charge in [0.05, 0.1) is 5.69 Å². The van der Waals surface area contributed by atoms with Crippen molar-refractivity contribution in [3.05, 3.63) is 53.6 Å². The van der Waals surface area contributed by atoms with Crippen LogP contribution in [0.15, 0.2) is 36.5 Å². The van der Waals surface area contributed by atoms with Gasteiger partial charge in [-0.05, 0) is 37.7 Å². The summed E-state index contributed by atoms with van der Waals surface area (Å²) >= 11 is 0. The van der Waals surface area contributed by atoms with Gasteiger partial charge in [-0.3, -0.25) is 0 Å². The molecule has 0 aliphatic carbocycles. The number of nitrogens with zero attached hydrogens (tertiary/aromatic N) is 2. The number of hydrogen-bond acceptors (Lipinski definition) is 1. The topological polar surface area (TPSA) is 17.8 Å². The molecule has 1 heterocycles. The lowest BCUT2D eigenvalue weighted by molar-refractivity contribution is 0.560. The maximum Gasteiger partial charge on any atom is 0.108 e. The van der Waals surface area contributed by atoms with E-state index in [4.69, 9.17) is 4.98 Å². The maximum atomic E-state index is 5.00. The van der Waals surface area contributed by atoms with Crippen molar-refractivity contribution in [2.75, 3.05) is 0 Å². The Labute approximate surface area is 161 Å². The summed E-state index contributed by atoms with van der Waals surface area (Å²) in [5.74, 6) is 1.33. The zero-order valence-corrected chi connectivity index (χ0v) is 17.1. The molecule has 0 amide bonds. The highest BCUT2D eigenvalue weighted by Gasteiger charge is 2.08. The molecule has 0 bridgehead atoms. The highest BCUT2D eigenvalue weighted by Crippen LogP contribution is 2.14. The molecule has 2 heteroatoms. The molecule has 0 atom stereocenters. The molecule has 144 valence electrons. The molecule has 0 unspecified atom stereocenters. The quantitative estimate of drug-likeness (QED) is 0.343. The molecule has 0 radical (unpaired) electrons. The predicted molar refractivity (Wildman–Crippen MR) is 113 cm³/mol. The highest BCUT2D eigenvalue weighted by molar-refractivity contribution is 5.15. The number of benzene rings is 1. The summed E-state index contributed by atoms with van der Waals surface area (Å²) in [6.07, 6.45) is 17.5. The van der Waals surface area contributed by atoms with Crippen molar-refractivity contribution in [1.82, 2.24) is 9.55 Å². The minimum Gasteiger partial charge on any atom is -0.335 e. The van der Waals surface area contributed by atoms with Crippen molar-refractivity contribution < 1.29 is 0 Å². The maximum absolute atomic E-state index is 5.00. The SMILES string of the molecule is CCCCCCCc1nc(CCCc2ccccc2)cn1CCCCC. The summed E-state index contributed by atoms with van der Waals surface area (Å²) < 4.78 is 2.45. The van der Waals surface area contributed by atoms with Gasteiger partial charge in [0.2, 0.25) is 0 Å². The number of imidazole rings is 1.